The molecule has 12 heavy (non-hydrogen) atoms. The molecule has 1 N–H and O–H groups in total. The van der Waals surface area contributed by atoms with Crippen molar-refractivity contribution >= 4 is 0 Å². The van der Waals surface area contributed by atoms with Crippen molar-refractivity contribution < 1.29 is 5.11 Å². The fraction of sp³-hybridized carbons (Fsp3) is 0.300. The average molecular weight is 161 g/mol. The van der Waals surface area contributed by atoms with E-state index in [1.807, 2.05) is 13.0 Å². The van der Waals surface area contributed by atoms with Crippen LogP contribution in [0.5, 0.6) is 0 Å². The van der Waals surface area contributed by atoms with Gasteiger partial charge in [0, 0.05) is 5.92 Å². The first-order valence-corrected chi connectivity index (χ1v) is 3.83. The summed E-state index contributed by atoms with van der Waals surface area (Å²) in [5, 5.41) is 18.0. The third-order valence-electron chi connectivity index (χ3n) is 2.05. The van der Waals surface area contributed by atoms with Crippen LogP contribution in [0, 0.1) is 23.2 Å². The third kappa shape index (κ3) is 1.40. The summed E-state index contributed by atoms with van der Waals surface area (Å²) in [4.78, 5) is 0. The van der Waals surface area contributed by atoms with E-state index in [1.54, 1.807) is 12.2 Å². The summed E-state index contributed by atoms with van der Waals surface area (Å²) in [7, 11) is 0. The van der Waals surface area contributed by atoms with Gasteiger partial charge in [-0.05, 0) is 18.6 Å². The lowest BCUT2D eigenvalue weighted by Gasteiger charge is -2.19. The second kappa shape index (κ2) is 3.27. The highest BCUT2D eigenvalue weighted by atomic mass is 16.3. The van der Waals surface area contributed by atoms with Crippen molar-refractivity contribution in [2.45, 2.75) is 6.92 Å². The zero-order valence-electron chi connectivity index (χ0n) is 6.99. The average Bonchev–Trinajstić information content (AvgIpc) is 2.08. The van der Waals surface area contributed by atoms with E-state index in [1.165, 1.54) is 0 Å². The highest BCUT2D eigenvalue weighted by molar-refractivity contribution is 5.36. The van der Waals surface area contributed by atoms with Crippen LogP contribution >= 0.6 is 0 Å². The predicted molar refractivity (Wildman–Crippen MR) is 47.3 cm³/mol. The standard InChI is InChI=1S/C10H11NO/c1-7(6-11)9-4-3-5-10(12)8(9)2/h3-5,7,9,12H,2H2,1H3. The molecule has 0 aliphatic heterocycles. The van der Waals surface area contributed by atoms with Gasteiger partial charge in [0.15, 0.2) is 0 Å². The topological polar surface area (TPSA) is 44.0 Å². The van der Waals surface area contributed by atoms with Crippen LogP contribution in [0.15, 0.2) is 36.1 Å². The number of hydrogen-bond acceptors (Lipinski definition) is 2. The molecule has 0 aromatic carbocycles. The van der Waals surface area contributed by atoms with E-state index >= 15 is 0 Å². The lowest BCUT2D eigenvalue weighted by Crippen LogP contribution is -2.13. The molecule has 2 nitrogen and oxygen atoms in total. The Bertz CT molecular complexity index is 293. The number of allylic oxidation sites excluding steroid dienone is 4. The Morgan fingerprint density at radius 3 is 3.00 bits per heavy atom. The predicted octanol–water partition coefficient (Wildman–Crippen LogP) is 2.33. The smallest absolute Gasteiger partial charge is 0.118 e. The summed E-state index contributed by atoms with van der Waals surface area (Å²) in [5.74, 6) is 0.00852. The molecule has 0 aromatic heterocycles. The van der Waals surface area contributed by atoms with Crippen molar-refractivity contribution in [2.24, 2.45) is 11.8 Å². The number of aliphatic hydroxyl groups is 1. The van der Waals surface area contributed by atoms with Gasteiger partial charge >= 0.3 is 0 Å². The summed E-state index contributed by atoms with van der Waals surface area (Å²) < 4.78 is 0. The first-order chi connectivity index (χ1) is 5.66. The quantitative estimate of drug-likeness (QED) is 0.641. The normalized spacial score (nSPS) is 24.5. The molecular weight excluding hydrogens is 150 g/mol. The minimum atomic E-state index is -0.135. The summed E-state index contributed by atoms with van der Waals surface area (Å²) in [5.41, 5.74) is 0.631. The number of hydrogen-bond donors (Lipinski definition) is 1. The molecule has 2 heteroatoms. The van der Waals surface area contributed by atoms with Gasteiger partial charge < -0.3 is 5.11 Å². The van der Waals surface area contributed by atoms with Crippen LogP contribution in [0.2, 0.25) is 0 Å². The largest absolute Gasteiger partial charge is 0.508 e. The Kier molecular flexibility index (Phi) is 2.35. The Morgan fingerprint density at radius 2 is 2.42 bits per heavy atom. The molecule has 0 radical (unpaired) electrons. The molecule has 0 spiro atoms. The molecule has 1 aliphatic carbocycles. The van der Waals surface area contributed by atoms with Crippen molar-refractivity contribution in [3.63, 3.8) is 0 Å². The van der Waals surface area contributed by atoms with E-state index in [4.69, 9.17) is 5.26 Å². The number of nitrogens with zero attached hydrogens (tertiary/aromatic N) is 1. The van der Waals surface area contributed by atoms with Crippen LogP contribution in [0.3, 0.4) is 0 Å². The minimum Gasteiger partial charge on any atom is -0.508 e. The fourth-order valence-electron chi connectivity index (χ4n) is 1.21. The van der Waals surface area contributed by atoms with Gasteiger partial charge in [-0.15, -0.1) is 0 Å². The fourth-order valence-corrected chi connectivity index (χ4v) is 1.21. The van der Waals surface area contributed by atoms with E-state index < -0.39 is 0 Å². The monoisotopic (exact) mass is 161 g/mol. The van der Waals surface area contributed by atoms with Crippen LogP contribution in [-0.2, 0) is 0 Å². The molecule has 62 valence electrons. The SMILES string of the molecule is C=C1C(O)=CC=CC1C(C)C#N. The van der Waals surface area contributed by atoms with Gasteiger partial charge in [-0.2, -0.15) is 5.26 Å². The van der Waals surface area contributed by atoms with Crippen LogP contribution in [0.4, 0.5) is 0 Å². The molecule has 2 unspecified atom stereocenters. The van der Waals surface area contributed by atoms with Gasteiger partial charge in [0.1, 0.15) is 5.76 Å². The Labute approximate surface area is 72.1 Å². The van der Waals surface area contributed by atoms with Crippen molar-refractivity contribution in [3.8, 4) is 6.07 Å². The lowest BCUT2D eigenvalue weighted by atomic mass is 9.85. The molecule has 0 fully saturated rings. The van der Waals surface area contributed by atoms with Gasteiger partial charge in [-0.1, -0.05) is 18.7 Å². The highest BCUT2D eigenvalue weighted by Gasteiger charge is 2.21. The maximum Gasteiger partial charge on any atom is 0.118 e. The van der Waals surface area contributed by atoms with Gasteiger partial charge in [0.25, 0.3) is 0 Å². The van der Waals surface area contributed by atoms with Gasteiger partial charge in [0.2, 0.25) is 0 Å². The van der Waals surface area contributed by atoms with Gasteiger partial charge in [-0.25, -0.2) is 0 Å². The number of rotatable bonds is 1. The first kappa shape index (κ1) is 8.61. The van der Waals surface area contributed by atoms with Crippen molar-refractivity contribution in [1.29, 1.82) is 5.26 Å². The van der Waals surface area contributed by atoms with Crippen molar-refractivity contribution in [3.05, 3.63) is 36.1 Å². The molecule has 0 amide bonds. The number of aliphatic hydroxyl groups excluding tert-OH is 1. The molecule has 1 aliphatic rings. The summed E-state index contributed by atoms with van der Waals surface area (Å²) in [6.45, 7) is 5.54. The zero-order chi connectivity index (χ0) is 9.14. The molecule has 0 saturated carbocycles. The van der Waals surface area contributed by atoms with E-state index in [9.17, 15) is 5.11 Å². The summed E-state index contributed by atoms with van der Waals surface area (Å²) in [6, 6.07) is 2.14. The Morgan fingerprint density at radius 1 is 1.75 bits per heavy atom. The van der Waals surface area contributed by atoms with Gasteiger partial charge in [0.05, 0.1) is 12.0 Å². The molecule has 0 bridgehead atoms. The van der Waals surface area contributed by atoms with Gasteiger partial charge in [-0.3, -0.25) is 0 Å². The first-order valence-electron chi connectivity index (χ1n) is 3.83. The maximum atomic E-state index is 9.29. The van der Waals surface area contributed by atoms with Crippen LogP contribution < -0.4 is 0 Å². The van der Waals surface area contributed by atoms with Crippen LogP contribution in [0.25, 0.3) is 0 Å². The molecule has 0 saturated heterocycles. The van der Waals surface area contributed by atoms with Crippen molar-refractivity contribution in [1.82, 2.24) is 0 Å². The Balaban J connectivity index is 2.85. The van der Waals surface area contributed by atoms with Crippen LogP contribution in [0.1, 0.15) is 6.92 Å². The zero-order valence-corrected chi connectivity index (χ0v) is 6.99. The molecule has 2 atom stereocenters. The second-order valence-electron chi connectivity index (χ2n) is 2.91. The summed E-state index contributed by atoms with van der Waals surface area (Å²) >= 11 is 0. The van der Waals surface area contributed by atoms with E-state index in [2.05, 4.69) is 12.6 Å². The maximum absolute atomic E-state index is 9.29. The molecule has 0 aromatic rings. The highest BCUT2D eigenvalue weighted by Crippen LogP contribution is 2.27. The number of nitriles is 1. The second-order valence-corrected chi connectivity index (χ2v) is 2.91. The minimum absolute atomic E-state index is 0.0417. The molecule has 0 heterocycles. The van der Waals surface area contributed by atoms with Crippen LogP contribution in [-0.4, -0.2) is 5.11 Å². The van der Waals surface area contributed by atoms with E-state index in [0.29, 0.717) is 5.57 Å². The molecular formula is C10H11NO. The lowest BCUT2D eigenvalue weighted by molar-refractivity contribution is 0.401. The van der Waals surface area contributed by atoms with Crippen molar-refractivity contribution in [2.75, 3.05) is 0 Å². The Hall–Kier alpha value is -1.49. The van der Waals surface area contributed by atoms with E-state index in [-0.39, 0.29) is 17.6 Å². The summed E-state index contributed by atoms with van der Waals surface area (Å²) in [6.07, 6.45) is 5.22. The van der Waals surface area contributed by atoms with E-state index in [0.717, 1.165) is 0 Å². The molecule has 1 rings (SSSR count). The third-order valence-corrected chi connectivity index (χ3v) is 2.05.